The first kappa shape index (κ1) is 14.5. The molecule has 1 aromatic heterocycles. The van der Waals surface area contributed by atoms with Crippen molar-refractivity contribution in [2.45, 2.75) is 26.9 Å². The van der Waals surface area contributed by atoms with Crippen molar-refractivity contribution in [3.63, 3.8) is 0 Å². The molecule has 1 amide bonds. The predicted octanol–water partition coefficient (Wildman–Crippen LogP) is 3.23. The molecule has 0 aliphatic rings. The van der Waals surface area contributed by atoms with Crippen LogP contribution < -0.4 is 5.32 Å². The smallest absolute Gasteiger partial charge is 0.407 e. The number of ether oxygens (including phenoxy) is 1. The Bertz CT molecular complexity index is 547. The fourth-order valence-corrected chi connectivity index (χ4v) is 2.63. The van der Waals surface area contributed by atoms with Crippen LogP contribution >= 0.6 is 11.3 Å². The Hall–Kier alpha value is -1.88. The van der Waals surface area contributed by atoms with Gasteiger partial charge in [0, 0.05) is 17.8 Å². The number of amides is 1. The third kappa shape index (κ3) is 4.35. The van der Waals surface area contributed by atoms with E-state index in [1.807, 2.05) is 37.3 Å². The maximum Gasteiger partial charge on any atom is 0.407 e. The van der Waals surface area contributed by atoms with Gasteiger partial charge in [-0.2, -0.15) is 0 Å². The average molecular weight is 290 g/mol. The van der Waals surface area contributed by atoms with E-state index in [9.17, 15) is 4.79 Å². The lowest BCUT2D eigenvalue weighted by atomic mass is 10.2. The van der Waals surface area contributed by atoms with E-state index < -0.39 is 0 Å². The first-order valence-corrected chi connectivity index (χ1v) is 7.34. The van der Waals surface area contributed by atoms with E-state index in [0.717, 1.165) is 22.7 Å². The van der Waals surface area contributed by atoms with Crippen LogP contribution in [0.3, 0.4) is 0 Å². The molecule has 1 N–H and O–H groups in total. The minimum atomic E-state index is -0.390. The summed E-state index contributed by atoms with van der Waals surface area (Å²) < 4.78 is 5.13. The van der Waals surface area contributed by atoms with Crippen LogP contribution in [-0.4, -0.2) is 17.6 Å². The van der Waals surface area contributed by atoms with Crippen LogP contribution in [0.25, 0.3) is 0 Å². The first-order chi connectivity index (χ1) is 9.65. The third-order valence-corrected chi connectivity index (χ3v) is 4.03. The summed E-state index contributed by atoms with van der Waals surface area (Å²) in [5.41, 5.74) is 2.05. The van der Waals surface area contributed by atoms with Gasteiger partial charge in [0.05, 0.1) is 10.7 Å². The van der Waals surface area contributed by atoms with Crippen LogP contribution in [-0.2, 0) is 17.8 Å². The van der Waals surface area contributed by atoms with Gasteiger partial charge in [0.15, 0.2) is 0 Å². The van der Waals surface area contributed by atoms with Crippen molar-refractivity contribution in [3.05, 3.63) is 51.5 Å². The Labute approximate surface area is 122 Å². The van der Waals surface area contributed by atoms with Gasteiger partial charge in [0.1, 0.15) is 6.61 Å². The quantitative estimate of drug-likeness (QED) is 0.919. The third-order valence-electron chi connectivity index (χ3n) is 2.89. The zero-order valence-corrected chi connectivity index (χ0v) is 12.5. The number of hydrogen-bond donors (Lipinski definition) is 1. The van der Waals surface area contributed by atoms with E-state index in [1.54, 1.807) is 11.3 Å². The van der Waals surface area contributed by atoms with E-state index in [4.69, 9.17) is 4.74 Å². The molecule has 1 aromatic carbocycles. The summed E-state index contributed by atoms with van der Waals surface area (Å²) in [5.74, 6) is 0. The second kappa shape index (κ2) is 7.05. The van der Waals surface area contributed by atoms with Crippen LogP contribution in [0.2, 0.25) is 0 Å². The molecule has 0 atom stereocenters. The topological polar surface area (TPSA) is 51.2 Å². The summed E-state index contributed by atoms with van der Waals surface area (Å²) in [6, 6.07) is 9.62. The van der Waals surface area contributed by atoms with Gasteiger partial charge in [-0.15, -0.1) is 11.3 Å². The van der Waals surface area contributed by atoms with Gasteiger partial charge in [0.2, 0.25) is 0 Å². The van der Waals surface area contributed by atoms with Crippen molar-refractivity contribution in [2.75, 3.05) is 6.54 Å². The van der Waals surface area contributed by atoms with Crippen molar-refractivity contribution >= 4 is 17.4 Å². The second-order valence-electron chi connectivity index (χ2n) is 4.49. The molecule has 0 bridgehead atoms. The second-order valence-corrected chi connectivity index (χ2v) is 5.78. The molecule has 0 fully saturated rings. The molecule has 0 aliphatic heterocycles. The fourth-order valence-electron chi connectivity index (χ4n) is 1.69. The lowest BCUT2D eigenvalue weighted by Crippen LogP contribution is -2.26. The van der Waals surface area contributed by atoms with Crippen LogP contribution in [0.1, 0.15) is 21.1 Å². The number of nitrogens with zero attached hydrogens (tertiary/aromatic N) is 1. The van der Waals surface area contributed by atoms with Crippen molar-refractivity contribution in [1.29, 1.82) is 0 Å². The number of carbonyl (C=O) groups excluding carboxylic acids is 1. The minimum absolute atomic E-state index is 0.294. The molecule has 2 aromatic rings. The molecular weight excluding hydrogens is 272 g/mol. The molecule has 106 valence electrons. The molecule has 20 heavy (non-hydrogen) atoms. The van der Waals surface area contributed by atoms with Crippen LogP contribution in [0.4, 0.5) is 4.79 Å². The summed E-state index contributed by atoms with van der Waals surface area (Å²) in [5, 5.41) is 3.78. The Balaban J connectivity index is 1.68. The molecule has 0 radical (unpaired) electrons. The highest BCUT2D eigenvalue weighted by molar-refractivity contribution is 7.11. The summed E-state index contributed by atoms with van der Waals surface area (Å²) in [6.07, 6.45) is 0.346. The fraction of sp³-hybridized carbons (Fsp3) is 0.333. The molecule has 0 spiro atoms. The van der Waals surface area contributed by atoms with Crippen LogP contribution in [0.15, 0.2) is 30.3 Å². The van der Waals surface area contributed by atoms with Gasteiger partial charge in [0.25, 0.3) is 0 Å². The van der Waals surface area contributed by atoms with E-state index in [-0.39, 0.29) is 6.09 Å². The highest BCUT2D eigenvalue weighted by atomic mass is 32.1. The predicted molar refractivity (Wildman–Crippen MR) is 79.9 cm³/mol. The summed E-state index contributed by atoms with van der Waals surface area (Å²) in [4.78, 5) is 17.2. The molecular formula is C15H18N2O2S. The number of nitrogens with one attached hydrogen (secondary N) is 1. The largest absolute Gasteiger partial charge is 0.445 e. The number of aryl methyl sites for hydroxylation is 2. The first-order valence-electron chi connectivity index (χ1n) is 6.52. The standard InChI is InChI=1S/C15H18N2O2S/c1-11-12(2)20-14(17-11)8-9-16-15(18)19-10-13-6-4-3-5-7-13/h3-7H,8-10H2,1-2H3,(H,16,18). The van der Waals surface area contributed by atoms with Gasteiger partial charge in [-0.05, 0) is 19.4 Å². The van der Waals surface area contributed by atoms with Crippen molar-refractivity contribution in [1.82, 2.24) is 10.3 Å². The summed E-state index contributed by atoms with van der Waals surface area (Å²) in [6.45, 7) is 4.89. The molecule has 0 unspecified atom stereocenters. The van der Waals surface area contributed by atoms with Gasteiger partial charge in [-0.1, -0.05) is 30.3 Å². The maximum absolute atomic E-state index is 11.5. The monoisotopic (exact) mass is 290 g/mol. The van der Waals surface area contributed by atoms with E-state index in [2.05, 4.69) is 17.2 Å². The molecule has 2 rings (SSSR count). The van der Waals surface area contributed by atoms with Crippen molar-refractivity contribution in [2.24, 2.45) is 0 Å². The SMILES string of the molecule is Cc1nc(CCNC(=O)OCc2ccccc2)sc1C. The van der Waals surface area contributed by atoms with E-state index >= 15 is 0 Å². The van der Waals surface area contributed by atoms with Gasteiger partial charge >= 0.3 is 6.09 Å². The molecule has 4 nitrogen and oxygen atoms in total. The zero-order chi connectivity index (χ0) is 14.4. The van der Waals surface area contributed by atoms with Crippen molar-refractivity contribution < 1.29 is 9.53 Å². The number of hydrogen-bond acceptors (Lipinski definition) is 4. The highest BCUT2D eigenvalue weighted by Crippen LogP contribution is 2.16. The molecule has 0 saturated carbocycles. The molecule has 0 saturated heterocycles. The van der Waals surface area contributed by atoms with Crippen LogP contribution in [0.5, 0.6) is 0 Å². The number of carbonyl (C=O) groups is 1. The minimum Gasteiger partial charge on any atom is -0.445 e. The maximum atomic E-state index is 11.5. The average Bonchev–Trinajstić information content (AvgIpc) is 2.76. The normalized spacial score (nSPS) is 10.3. The Morgan fingerprint density at radius 2 is 2.05 bits per heavy atom. The molecule has 1 heterocycles. The van der Waals surface area contributed by atoms with E-state index in [1.165, 1.54) is 4.88 Å². The number of rotatable bonds is 5. The lowest BCUT2D eigenvalue weighted by Gasteiger charge is -2.06. The summed E-state index contributed by atoms with van der Waals surface area (Å²) >= 11 is 1.67. The number of thiazole rings is 1. The number of alkyl carbamates (subject to hydrolysis) is 1. The molecule has 5 heteroatoms. The van der Waals surface area contributed by atoms with Gasteiger partial charge in [-0.3, -0.25) is 0 Å². The van der Waals surface area contributed by atoms with Crippen molar-refractivity contribution in [3.8, 4) is 0 Å². The zero-order valence-electron chi connectivity index (χ0n) is 11.7. The number of benzene rings is 1. The highest BCUT2D eigenvalue weighted by Gasteiger charge is 2.05. The lowest BCUT2D eigenvalue weighted by molar-refractivity contribution is 0.140. The molecule has 0 aliphatic carbocycles. The summed E-state index contributed by atoms with van der Waals surface area (Å²) in [7, 11) is 0. The Morgan fingerprint density at radius 3 is 2.70 bits per heavy atom. The van der Waals surface area contributed by atoms with Crippen LogP contribution in [0, 0.1) is 13.8 Å². The Morgan fingerprint density at radius 1 is 1.30 bits per heavy atom. The Kier molecular flexibility index (Phi) is 5.12. The van der Waals surface area contributed by atoms with Gasteiger partial charge < -0.3 is 10.1 Å². The van der Waals surface area contributed by atoms with Gasteiger partial charge in [-0.25, -0.2) is 9.78 Å². The van der Waals surface area contributed by atoms with E-state index in [0.29, 0.717) is 13.2 Å². The number of aromatic nitrogens is 1.